The number of benzene rings is 1. The molecule has 7 heteroatoms. The molecule has 1 aliphatic heterocycles. The number of aliphatic hydroxyl groups excluding tert-OH is 1. The molecule has 0 aliphatic carbocycles. The molecular formula is C11H11ClN2O4. The Balaban J connectivity index is 2.26. The number of hydrogen-bond acceptors (Lipinski definition) is 4. The summed E-state index contributed by atoms with van der Waals surface area (Å²) in [5.74, 6) is -0.327. The van der Waals surface area contributed by atoms with Crippen LogP contribution < -0.4 is 0 Å². The molecule has 0 bridgehead atoms. The summed E-state index contributed by atoms with van der Waals surface area (Å²) in [5.41, 5.74) is -0.0811. The number of likely N-dealkylation sites (tertiary alicyclic amines) is 1. The average Bonchev–Trinajstić information content (AvgIpc) is 2.75. The fourth-order valence-electron chi connectivity index (χ4n) is 1.89. The van der Waals surface area contributed by atoms with Crippen molar-refractivity contribution in [3.8, 4) is 0 Å². The van der Waals surface area contributed by atoms with Gasteiger partial charge in [-0.2, -0.15) is 0 Å². The highest BCUT2D eigenvalue weighted by atomic mass is 35.5. The highest BCUT2D eigenvalue weighted by Gasteiger charge is 2.26. The smallest absolute Gasteiger partial charge is 0.288 e. The van der Waals surface area contributed by atoms with E-state index in [-0.39, 0.29) is 28.7 Å². The first-order valence-electron chi connectivity index (χ1n) is 5.40. The molecule has 1 heterocycles. The van der Waals surface area contributed by atoms with Crippen molar-refractivity contribution < 1.29 is 14.8 Å². The molecule has 1 saturated heterocycles. The van der Waals surface area contributed by atoms with Crippen molar-refractivity contribution >= 4 is 23.2 Å². The van der Waals surface area contributed by atoms with Gasteiger partial charge in [0.05, 0.1) is 11.0 Å². The van der Waals surface area contributed by atoms with E-state index in [0.717, 1.165) is 6.07 Å². The van der Waals surface area contributed by atoms with Gasteiger partial charge in [0.15, 0.2) is 0 Å². The summed E-state index contributed by atoms with van der Waals surface area (Å²) in [4.78, 5) is 23.6. The lowest BCUT2D eigenvalue weighted by Gasteiger charge is -2.15. The summed E-state index contributed by atoms with van der Waals surface area (Å²) in [6.45, 7) is 0.714. The molecule has 6 nitrogen and oxygen atoms in total. The minimum atomic E-state index is -0.627. The summed E-state index contributed by atoms with van der Waals surface area (Å²) in [6, 6.07) is 3.94. The molecule has 1 fully saturated rings. The van der Waals surface area contributed by atoms with E-state index >= 15 is 0 Å². The molecule has 0 aromatic heterocycles. The van der Waals surface area contributed by atoms with Crippen LogP contribution in [0, 0.1) is 10.1 Å². The number of β-amino-alcohol motifs (C(OH)–C–C–N with tert-alkyl or cyclic N) is 1. The van der Waals surface area contributed by atoms with Gasteiger partial charge in [-0.05, 0) is 18.6 Å². The topological polar surface area (TPSA) is 83.7 Å². The van der Waals surface area contributed by atoms with Crippen molar-refractivity contribution in [3.63, 3.8) is 0 Å². The van der Waals surface area contributed by atoms with Gasteiger partial charge in [0.2, 0.25) is 0 Å². The number of aliphatic hydroxyl groups is 1. The Morgan fingerprint density at radius 1 is 1.56 bits per heavy atom. The number of carbonyl (C=O) groups is 1. The maximum Gasteiger partial charge on any atom is 0.288 e. The summed E-state index contributed by atoms with van der Waals surface area (Å²) in [5, 5.41) is 20.1. The number of amides is 1. The second-order valence-corrected chi connectivity index (χ2v) is 4.52. The quantitative estimate of drug-likeness (QED) is 0.651. The Hall–Kier alpha value is -1.66. The Bertz CT molecular complexity index is 506. The third-order valence-electron chi connectivity index (χ3n) is 2.84. The van der Waals surface area contributed by atoms with Crippen LogP contribution in [0.2, 0.25) is 5.02 Å². The fourth-order valence-corrected chi connectivity index (χ4v) is 2.08. The van der Waals surface area contributed by atoms with Crippen molar-refractivity contribution in [2.75, 3.05) is 13.1 Å². The van der Waals surface area contributed by atoms with Crippen molar-refractivity contribution in [3.05, 3.63) is 38.9 Å². The van der Waals surface area contributed by atoms with E-state index in [9.17, 15) is 20.0 Å². The zero-order valence-corrected chi connectivity index (χ0v) is 10.1. The number of halogens is 1. The standard InChI is InChI=1S/C11H11ClN2O4/c12-9-2-1-7(5-10(9)14(17)18)11(16)13-4-3-8(15)6-13/h1-2,5,8,15H,3-4,6H2/t8-/m0/s1. The lowest BCUT2D eigenvalue weighted by molar-refractivity contribution is -0.384. The van der Waals surface area contributed by atoms with E-state index < -0.39 is 11.0 Å². The second-order valence-electron chi connectivity index (χ2n) is 4.12. The molecule has 2 rings (SSSR count). The fraction of sp³-hybridized carbons (Fsp3) is 0.364. The maximum absolute atomic E-state index is 12.0. The van der Waals surface area contributed by atoms with Crippen LogP contribution in [0.25, 0.3) is 0 Å². The molecule has 18 heavy (non-hydrogen) atoms. The third-order valence-corrected chi connectivity index (χ3v) is 3.16. The average molecular weight is 271 g/mol. The van der Waals surface area contributed by atoms with Gasteiger partial charge in [0.25, 0.3) is 11.6 Å². The Labute approximate surface area is 108 Å². The number of nitro groups is 1. The molecule has 1 aliphatic rings. The largest absolute Gasteiger partial charge is 0.391 e. The van der Waals surface area contributed by atoms with Crippen molar-refractivity contribution in [1.29, 1.82) is 0 Å². The molecule has 1 aromatic rings. The molecule has 0 spiro atoms. The van der Waals surface area contributed by atoms with Crippen LogP contribution in [0.4, 0.5) is 5.69 Å². The van der Waals surface area contributed by atoms with E-state index in [4.69, 9.17) is 11.6 Å². The highest BCUT2D eigenvalue weighted by molar-refractivity contribution is 6.32. The van der Waals surface area contributed by atoms with Crippen molar-refractivity contribution in [2.24, 2.45) is 0 Å². The first kappa shape index (κ1) is 12.8. The summed E-state index contributed by atoms with van der Waals surface area (Å²) < 4.78 is 0. The van der Waals surface area contributed by atoms with Crippen LogP contribution >= 0.6 is 11.6 Å². The molecule has 0 saturated carbocycles. The minimum absolute atomic E-state index is 0.00185. The number of carbonyl (C=O) groups excluding carboxylic acids is 1. The number of nitrogens with zero attached hydrogens (tertiary/aromatic N) is 2. The summed E-state index contributed by atoms with van der Waals surface area (Å²) >= 11 is 5.67. The van der Waals surface area contributed by atoms with Crippen LogP contribution in [0.5, 0.6) is 0 Å². The van der Waals surface area contributed by atoms with Gasteiger partial charge in [-0.25, -0.2) is 0 Å². The van der Waals surface area contributed by atoms with Gasteiger partial charge in [0.1, 0.15) is 5.02 Å². The number of hydrogen-bond donors (Lipinski definition) is 1. The summed E-state index contributed by atoms with van der Waals surface area (Å²) in [7, 11) is 0. The van der Waals surface area contributed by atoms with E-state index in [1.807, 2.05) is 0 Å². The van der Waals surface area contributed by atoms with Crippen LogP contribution in [-0.2, 0) is 0 Å². The Morgan fingerprint density at radius 2 is 2.28 bits per heavy atom. The Kier molecular flexibility index (Phi) is 3.49. The predicted octanol–water partition coefficient (Wildman–Crippen LogP) is 1.45. The number of nitro benzene ring substituents is 1. The maximum atomic E-state index is 12.0. The summed E-state index contributed by atoms with van der Waals surface area (Å²) in [6.07, 6.45) is 0.0118. The zero-order valence-electron chi connectivity index (χ0n) is 9.38. The van der Waals surface area contributed by atoms with Gasteiger partial charge < -0.3 is 10.0 Å². The van der Waals surface area contributed by atoms with Gasteiger partial charge in [-0.15, -0.1) is 0 Å². The van der Waals surface area contributed by atoms with E-state index in [2.05, 4.69) is 0 Å². The second kappa shape index (κ2) is 4.91. The predicted molar refractivity (Wildman–Crippen MR) is 64.6 cm³/mol. The molecular weight excluding hydrogens is 260 g/mol. The van der Waals surface area contributed by atoms with Crippen LogP contribution in [0.1, 0.15) is 16.8 Å². The number of rotatable bonds is 2. The molecule has 1 amide bonds. The van der Waals surface area contributed by atoms with Crippen molar-refractivity contribution in [2.45, 2.75) is 12.5 Å². The lowest BCUT2D eigenvalue weighted by Crippen LogP contribution is -2.29. The Morgan fingerprint density at radius 3 is 2.83 bits per heavy atom. The normalized spacial score (nSPS) is 19.0. The lowest BCUT2D eigenvalue weighted by atomic mass is 10.2. The zero-order chi connectivity index (χ0) is 13.3. The minimum Gasteiger partial charge on any atom is -0.391 e. The van der Waals surface area contributed by atoms with Crippen LogP contribution in [0.3, 0.4) is 0 Å². The first-order valence-corrected chi connectivity index (χ1v) is 5.78. The molecule has 1 aromatic carbocycles. The molecule has 0 radical (unpaired) electrons. The third kappa shape index (κ3) is 2.44. The van der Waals surface area contributed by atoms with Gasteiger partial charge in [0, 0.05) is 24.7 Å². The van der Waals surface area contributed by atoms with E-state index in [0.29, 0.717) is 13.0 Å². The van der Waals surface area contributed by atoms with Gasteiger partial charge in [-0.3, -0.25) is 14.9 Å². The van der Waals surface area contributed by atoms with Crippen molar-refractivity contribution in [1.82, 2.24) is 4.90 Å². The monoisotopic (exact) mass is 270 g/mol. The van der Waals surface area contributed by atoms with E-state index in [1.165, 1.54) is 17.0 Å². The van der Waals surface area contributed by atoms with Gasteiger partial charge in [-0.1, -0.05) is 11.6 Å². The SMILES string of the molecule is O=C(c1ccc(Cl)c([N+](=O)[O-])c1)N1CC[C@H](O)C1. The van der Waals surface area contributed by atoms with E-state index in [1.54, 1.807) is 0 Å². The molecule has 1 atom stereocenters. The first-order chi connectivity index (χ1) is 8.49. The molecule has 0 unspecified atom stereocenters. The van der Waals surface area contributed by atoms with Crippen LogP contribution in [0.15, 0.2) is 18.2 Å². The highest BCUT2D eigenvalue weighted by Crippen LogP contribution is 2.26. The van der Waals surface area contributed by atoms with Crippen LogP contribution in [-0.4, -0.2) is 40.0 Å². The molecule has 96 valence electrons. The van der Waals surface area contributed by atoms with Gasteiger partial charge >= 0.3 is 0 Å². The molecule has 1 N–H and O–H groups in total.